The zero-order valence-electron chi connectivity index (χ0n) is 25.6. The van der Waals surface area contributed by atoms with Crippen molar-refractivity contribution in [2.75, 3.05) is 0 Å². The van der Waals surface area contributed by atoms with Crippen LogP contribution in [0.3, 0.4) is 0 Å². The molecule has 6 heteroatoms. The molecule has 6 aromatic rings. The summed E-state index contributed by atoms with van der Waals surface area (Å²) in [7, 11) is 0. The smallest absolute Gasteiger partial charge is 0.141 e. The Morgan fingerprint density at radius 1 is 0.830 bits per heavy atom. The molecule has 0 aliphatic heterocycles. The number of nitrogens with two attached hydrogens (primary N) is 1. The van der Waals surface area contributed by atoms with E-state index in [9.17, 15) is 0 Å². The molecule has 0 atom stereocenters. The lowest BCUT2D eigenvalue weighted by molar-refractivity contribution is 0.793. The van der Waals surface area contributed by atoms with Crippen LogP contribution in [-0.2, 0) is 11.2 Å². The van der Waals surface area contributed by atoms with Gasteiger partial charge in [-0.3, -0.25) is 4.98 Å². The van der Waals surface area contributed by atoms with Gasteiger partial charge in [0.05, 0.1) is 28.2 Å². The second kappa shape index (κ2) is 11.8. The Kier molecular flexibility index (Phi) is 7.32. The Balaban J connectivity index is 1.34. The summed E-state index contributed by atoms with van der Waals surface area (Å²) in [5, 5.41) is 4.66. The van der Waals surface area contributed by atoms with Crippen molar-refractivity contribution in [1.29, 1.82) is 0 Å². The highest BCUT2D eigenvalue weighted by atomic mass is 32.2. The van der Waals surface area contributed by atoms with Crippen LogP contribution in [0.25, 0.3) is 39.2 Å². The molecule has 2 aliphatic rings. The Morgan fingerprint density at radius 3 is 2.23 bits per heavy atom. The molecule has 0 radical (unpaired) electrons. The Hall–Kier alpha value is -5.30. The van der Waals surface area contributed by atoms with Crippen LogP contribution in [-0.4, -0.2) is 15.7 Å². The molecule has 47 heavy (non-hydrogen) atoms. The highest BCUT2D eigenvalue weighted by Gasteiger charge is 2.51. The topological polar surface area (TPSA) is 64.2 Å². The molecule has 226 valence electrons. The lowest BCUT2D eigenvalue weighted by Crippen LogP contribution is -2.26. The van der Waals surface area contributed by atoms with E-state index < -0.39 is 5.41 Å². The van der Waals surface area contributed by atoms with Crippen molar-refractivity contribution < 1.29 is 0 Å². The van der Waals surface area contributed by atoms with E-state index in [0.29, 0.717) is 5.70 Å². The van der Waals surface area contributed by atoms with Crippen LogP contribution in [0.4, 0.5) is 0 Å². The van der Waals surface area contributed by atoms with Gasteiger partial charge in [-0.05, 0) is 85.8 Å². The third-order valence-electron chi connectivity index (χ3n) is 9.03. The van der Waals surface area contributed by atoms with Crippen LogP contribution < -0.4 is 5.73 Å². The molecule has 0 amide bonds. The van der Waals surface area contributed by atoms with Crippen molar-refractivity contribution in [3.63, 3.8) is 0 Å². The summed E-state index contributed by atoms with van der Waals surface area (Å²) in [6.45, 7) is 8.40. The molecule has 0 unspecified atom stereocenters. The number of benzene rings is 4. The number of thioether (sulfide) groups is 1. The molecule has 2 aromatic heterocycles. The lowest BCUT2D eigenvalue weighted by atomic mass is 9.70. The fraction of sp³-hybridized carbons (Fsp3) is 0.0488. The highest BCUT2D eigenvalue weighted by molar-refractivity contribution is 8.01. The van der Waals surface area contributed by atoms with Gasteiger partial charge in [0.15, 0.2) is 0 Å². The van der Waals surface area contributed by atoms with Crippen LogP contribution >= 0.6 is 23.1 Å². The molecule has 0 bridgehead atoms. The number of aromatic nitrogens is 2. The van der Waals surface area contributed by atoms with Gasteiger partial charge in [-0.15, -0.1) is 23.1 Å². The van der Waals surface area contributed by atoms with E-state index in [-0.39, 0.29) is 0 Å². The van der Waals surface area contributed by atoms with Gasteiger partial charge < -0.3 is 5.73 Å². The van der Waals surface area contributed by atoms with E-state index in [1.165, 1.54) is 44.5 Å². The van der Waals surface area contributed by atoms with Gasteiger partial charge in [-0.1, -0.05) is 92.0 Å². The quantitative estimate of drug-likeness (QED) is 0.168. The van der Waals surface area contributed by atoms with E-state index >= 15 is 0 Å². The third-order valence-corrected chi connectivity index (χ3v) is 10.6. The summed E-state index contributed by atoms with van der Waals surface area (Å²) < 4.78 is 0. The molecule has 2 heterocycles. The highest BCUT2D eigenvalue weighted by Crippen LogP contribution is 2.63. The number of pyridine rings is 1. The summed E-state index contributed by atoms with van der Waals surface area (Å²) in [6, 6.07) is 37.4. The zero-order chi connectivity index (χ0) is 32.0. The number of fused-ring (bicyclic) bond motifs is 10. The van der Waals surface area contributed by atoms with Gasteiger partial charge in [-0.25, -0.2) is 9.98 Å². The fourth-order valence-corrected chi connectivity index (χ4v) is 8.29. The van der Waals surface area contributed by atoms with Gasteiger partial charge in [0.2, 0.25) is 0 Å². The molecule has 2 aliphatic carbocycles. The summed E-state index contributed by atoms with van der Waals surface area (Å²) in [5.74, 6) is 0.758. The molecule has 8 rings (SSSR count). The van der Waals surface area contributed by atoms with Crippen molar-refractivity contribution >= 4 is 34.5 Å². The van der Waals surface area contributed by atoms with Crippen molar-refractivity contribution in [2.24, 2.45) is 10.7 Å². The molecule has 2 N–H and O–H groups in total. The normalized spacial score (nSPS) is 13.7. The van der Waals surface area contributed by atoms with E-state index in [0.717, 1.165) is 39.0 Å². The fourth-order valence-electron chi connectivity index (χ4n) is 7.13. The number of hydrogen-bond donors (Lipinski definition) is 1. The first-order chi connectivity index (χ1) is 23.1. The molecular formula is C41H30N4S2. The standard InChI is InChI=1S/C41H30N4S2/c1-3-38(40-43-20-22-47-40)44-26(2)27-15-17-32-33-18-16-28(39-14-8-9-29(45-39)25-46-21-19-42)24-37(33)41(36(32)23-27)34-12-6-4-10-30(34)31-11-5-7-13-35(31)41/h3-24H,1-2,25,42H2/b21-19-,44-38?. The van der Waals surface area contributed by atoms with E-state index in [1.54, 1.807) is 41.6 Å². The van der Waals surface area contributed by atoms with Gasteiger partial charge in [-0.2, -0.15) is 0 Å². The summed E-state index contributed by atoms with van der Waals surface area (Å²) in [5.41, 5.74) is 20.5. The molecule has 1 spiro atoms. The summed E-state index contributed by atoms with van der Waals surface area (Å²) >= 11 is 3.18. The number of nitrogens with zero attached hydrogens (tertiary/aromatic N) is 3. The average molecular weight is 643 g/mol. The number of rotatable bonds is 8. The van der Waals surface area contributed by atoms with Gasteiger partial charge in [0.25, 0.3) is 0 Å². The summed E-state index contributed by atoms with van der Waals surface area (Å²) in [4.78, 5) is 14.4. The van der Waals surface area contributed by atoms with E-state index in [2.05, 4.69) is 121 Å². The minimum Gasteiger partial charge on any atom is -0.404 e. The van der Waals surface area contributed by atoms with Gasteiger partial charge >= 0.3 is 0 Å². The Labute approximate surface area is 282 Å². The first-order valence-corrected chi connectivity index (χ1v) is 17.3. The molecule has 0 fully saturated rings. The second-order valence-electron chi connectivity index (χ2n) is 11.5. The van der Waals surface area contributed by atoms with Crippen molar-refractivity contribution in [2.45, 2.75) is 11.2 Å². The summed E-state index contributed by atoms with van der Waals surface area (Å²) in [6.07, 6.45) is 5.09. The van der Waals surface area contributed by atoms with E-state index in [1.807, 2.05) is 10.8 Å². The van der Waals surface area contributed by atoms with Gasteiger partial charge in [0, 0.05) is 29.1 Å². The largest absolute Gasteiger partial charge is 0.404 e. The maximum atomic E-state index is 5.56. The predicted molar refractivity (Wildman–Crippen MR) is 198 cm³/mol. The first kappa shape index (κ1) is 29.1. The molecule has 0 saturated heterocycles. The molecular weight excluding hydrogens is 613 g/mol. The first-order valence-electron chi connectivity index (χ1n) is 15.4. The van der Waals surface area contributed by atoms with Crippen molar-refractivity contribution in [1.82, 2.24) is 9.97 Å². The van der Waals surface area contributed by atoms with Crippen LogP contribution in [0, 0.1) is 0 Å². The zero-order valence-corrected chi connectivity index (χ0v) is 27.2. The molecule has 4 nitrogen and oxygen atoms in total. The predicted octanol–water partition coefficient (Wildman–Crippen LogP) is 9.86. The lowest BCUT2D eigenvalue weighted by Gasteiger charge is -2.31. The van der Waals surface area contributed by atoms with Crippen molar-refractivity contribution in [3.05, 3.63) is 184 Å². The van der Waals surface area contributed by atoms with Crippen LogP contribution in [0.1, 0.15) is 38.5 Å². The Morgan fingerprint density at radius 2 is 1.53 bits per heavy atom. The Bertz CT molecular complexity index is 2220. The number of thiazole rings is 1. The van der Waals surface area contributed by atoms with Crippen LogP contribution in [0.15, 0.2) is 151 Å². The van der Waals surface area contributed by atoms with Crippen LogP contribution in [0.2, 0.25) is 0 Å². The third kappa shape index (κ3) is 4.63. The maximum absolute atomic E-state index is 5.56. The van der Waals surface area contributed by atoms with E-state index in [4.69, 9.17) is 15.7 Å². The second-order valence-corrected chi connectivity index (χ2v) is 13.3. The number of hydrogen-bond acceptors (Lipinski definition) is 6. The minimum absolute atomic E-state index is 0.510. The average Bonchev–Trinajstić information content (AvgIpc) is 3.83. The minimum atomic E-state index is -0.510. The maximum Gasteiger partial charge on any atom is 0.141 e. The van der Waals surface area contributed by atoms with Crippen LogP contribution in [0.5, 0.6) is 0 Å². The monoisotopic (exact) mass is 642 g/mol. The molecule has 4 aromatic carbocycles. The number of aliphatic imine (C=N–C) groups is 1. The SMILES string of the molecule is C=CC(=NC(=C)c1ccc2c(c1)C1(c3ccccc3-c3ccccc31)c1cc(-c3cccc(CS/C=C\N)n3)ccc1-2)c1nccs1. The van der Waals surface area contributed by atoms with Crippen molar-refractivity contribution in [3.8, 4) is 33.5 Å². The number of allylic oxidation sites excluding steroid dienone is 1. The van der Waals surface area contributed by atoms with Gasteiger partial charge in [0.1, 0.15) is 5.01 Å². The molecule has 0 saturated carbocycles.